The minimum absolute atomic E-state index is 0.00438. The molecule has 3 aromatic rings. The van der Waals surface area contributed by atoms with E-state index in [1.165, 1.54) is 11.6 Å². The van der Waals surface area contributed by atoms with Gasteiger partial charge in [-0.25, -0.2) is 8.78 Å². The lowest BCUT2D eigenvalue weighted by Crippen LogP contribution is -2.25. The minimum atomic E-state index is -1.08. The van der Waals surface area contributed by atoms with Crippen LogP contribution in [0.25, 0.3) is 0 Å². The zero-order chi connectivity index (χ0) is 18.8. The SMILES string of the molecule is O=C(Nc1ccc(N2CCCc3ccccc32)nn1)c1ccc(F)c(F)c1. The number of aromatic nitrogens is 2. The van der Waals surface area contributed by atoms with E-state index in [4.69, 9.17) is 0 Å². The number of benzene rings is 2. The van der Waals surface area contributed by atoms with E-state index in [0.29, 0.717) is 5.82 Å². The van der Waals surface area contributed by atoms with E-state index in [1.54, 1.807) is 12.1 Å². The third kappa shape index (κ3) is 3.48. The first kappa shape index (κ1) is 17.1. The van der Waals surface area contributed by atoms with Gasteiger partial charge in [-0.1, -0.05) is 18.2 Å². The summed E-state index contributed by atoms with van der Waals surface area (Å²) in [6, 6.07) is 14.5. The summed E-state index contributed by atoms with van der Waals surface area (Å²) in [7, 11) is 0. The number of aryl methyl sites for hydroxylation is 1. The number of amides is 1. The molecule has 2 heterocycles. The van der Waals surface area contributed by atoms with E-state index < -0.39 is 17.5 Å². The third-order valence-corrected chi connectivity index (χ3v) is 4.46. The van der Waals surface area contributed by atoms with Crippen LogP contribution in [-0.2, 0) is 6.42 Å². The van der Waals surface area contributed by atoms with E-state index in [0.717, 1.165) is 37.2 Å². The van der Waals surface area contributed by atoms with Crippen LogP contribution in [0.1, 0.15) is 22.3 Å². The Morgan fingerprint density at radius 3 is 2.63 bits per heavy atom. The predicted molar refractivity (Wildman–Crippen MR) is 98.1 cm³/mol. The lowest BCUT2D eigenvalue weighted by molar-refractivity contribution is 0.102. The fourth-order valence-electron chi connectivity index (χ4n) is 3.13. The van der Waals surface area contributed by atoms with Gasteiger partial charge >= 0.3 is 0 Å². The van der Waals surface area contributed by atoms with Gasteiger partial charge in [-0.15, -0.1) is 10.2 Å². The summed E-state index contributed by atoms with van der Waals surface area (Å²) in [4.78, 5) is 14.2. The maximum Gasteiger partial charge on any atom is 0.256 e. The number of nitrogens with zero attached hydrogens (tertiary/aromatic N) is 3. The van der Waals surface area contributed by atoms with Gasteiger partial charge in [-0.3, -0.25) is 4.79 Å². The van der Waals surface area contributed by atoms with E-state index in [2.05, 4.69) is 32.5 Å². The van der Waals surface area contributed by atoms with Crippen LogP contribution in [0.5, 0.6) is 0 Å². The molecule has 1 aliphatic rings. The number of nitrogens with one attached hydrogen (secondary N) is 1. The zero-order valence-electron chi connectivity index (χ0n) is 14.3. The molecular weight excluding hydrogens is 350 g/mol. The van der Waals surface area contributed by atoms with Crippen LogP contribution >= 0.6 is 0 Å². The van der Waals surface area contributed by atoms with Crippen LogP contribution in [0.2, 0.25) is 0 Å². The Morgan fingerprint density at radius 1 is 1.00 bits per heavy atom. The summed E-state index contributed by atoms with van der Waals surface area (Å²) in [6.07, 6.45) is 2.05. The fraction of sp³-hybridized carbons (Fsp3) is 0.150. The molecule has 1 N–H and O–H groups in total. The van der Waals surface area contributed by atoms with Crippen LogP contribution in [-0.4, -0.2) is 22.6 Å². The quantitative estimate of drug-likeness (QED) is 0.758. The summed E-state index contributed by atoms with van der Waals surface area (Å²) in [5, 5.41) is 10.8. The van der Waals surface area contributed by atoms with Crippen molar-refractivity contribution in [3.63, 3.8) is 0 Å². The highest BCUT2D eigenvalue weighted by Crippen LogP contribution is 2.32. The van der Waals surface area contributed by atoms with E-state index >= 15 is 0 Å². The van der Waals surface area contributed by atoms with Crippen LogP contribution < -0.4 is 10.2 Å². The molecule has 0 bridgehead atoms. The van der Waals surface area contributed by atoms with Crippen molar-refractivity contribution in [1.82, 2.24) is 10.2 Å². The van der Waals surface area contributed by atoms with Crippen molar-refractivity contribution in [2.75, 3.05) is 16.8 Å². The first-order valence-electron chi connectivity index (χ1n) is 8.57. The number of hydrogen-bond donors (Lipinski definition) is 1. The highest BCUT2D eigenvalue weighted by Gasteiger charge is 2.19. The Labute approximate surface area is 154 Å². The predicted octanol–water partition coefficient (Wildman–Crippen LogP) is 4.09. The number of anilines is 3. The lowest BCUT2D eigenvalue weighted by atomic mass is 10.0. The molecule has 136 valence electrons. The maximum absolute atomic E-state index is 13.3. The van der Waals surface area contributed by atoms with Crippen LogP contribution in [0.3, 0.4) is 0 Å². The zero-order valence-corrected chi connectivity index (χ0v) is 14.3. The highest BCUT2D eigenvalue weighted by atomic mass is 19.2. The number of para-hydroxylation sites is 1. The Bertz CT molecular complexity index is 992. The molecule has 1 aliphatic heterocycles. The van der Waals surface area contributed by atoms with Crippen molar-refractivity contribution in [3.05, 3.63) is 77.4 Å². The standard InChI is InChI=1S/C20H16F2N4O/c21-15-8-7-14(12-16(15)22)20(27)23-18-9-10-19(25-24-18)26-11-3-5-13-4-1-2-6-17(13)26/h1-2,4,6-10,12H,3,5,11H2,(H,23,24,27). The first-order chi connectivity index (χ1) is 13.1. The number of fused-ring (bicyclic) bond motifs is 1. The van der Waals surface area contributed by atoms with Crippen molar-refractivity contribution >= 4 is 23.2 Å². The molecule has 0 saturated carbocycles. The van der Waals surface area contributed by atoms with E-state index in [-0.39, 0.29) is 11.4 Å². The van der Waals surface area contributed by atoms with Gasteiger partial charge in [-0.2, -0.15) is 0 Å². The fourth-order valence-corrected chi connectivity index (χ4v) is 3.13. The summed E-state index contributed by atoms with van der Waals surface area (Å²) in [5.41, 5.74) is 2.38. The van der Waals surface area contributed by atoms with Gasteiger partial charge in [0, 0.05) is 17.8 Å². The molecule has 0 aliphatic carbocycles. The van der Waals surface area contributed by atoms with Crippen LogP contribution in [0.15, 0.2) is 54.6 Å². The number of hydrogen-bond acceptors (Lipinski definition) is 4. The highest BCUT2D eigenvalue weighted by molar-refractivity contribution is 6.03. The molecule has 4 rings (SSSR count). The van der Waals surface area contributed by atoms with Gasteiger partial charge in [0.1, 0.15) is 0 Å². The molecule has 0 saturated heterocycles. The van der Waals surface area contributed by atoms with Crippen molar-refractivity contribution < 1.29 is 13.6 Å². The monoisotopic (exact) mass is 366 g/mol. The maximum atomic E-state index is 13.3. The van der Waals surface area contributed by atoms with Crippen LogP contribution in [0, 0.1) is 11.6 Å². The minimum Gasteiger partial charge on any atom is -0.325 e. The molecule has 0 atom stereocenters. The van der Waals surface area contributed by atoms with Crippen molar-refractivity contribution in [2.24, 2.45) is 0 Å². The Balaban J connectivity index is 1.51. The summed E-state index contributed by atoms with van der Waals surface area (Å²) in [6.45, 7) is 0.840. The molecule has 0 spiro atoms. The van der Waals surface area contributed by atoms with Gasteiger partial charge in [0.25, 0.3) is 5.91 Å². The molecule has 0 unspecified atom stereocenters. The summed E-state index contributed by atoms with van der Waals surface area (Å²) < 4.78 is 26.3. The Morgan fingerprint density at radius 2 is 1.85 bits per heavy atom. The molecule has 27 heavy (non-hydrogen) atoms. The number of rotatable bonds is 3. The smallest absolute Gasteiger partial charge is 0.256 e. The number of carbonyl (C=O) groups is 1. The Hall–Kier alpha value is -3.35. The largest absolute Gasteiger partial charge is 0.325 e. The van der Waals surface area contributed by atoms with Crippen molar-refractivity contribution in [2.45, 2.75) is 12.8 Å². The third-order valence-electron chi connectivity index (χ3n) is 4.46. The second kappa shape index (κ2) is 7.11. The first-order valence-corrected chi connectivity index (χ1v) is 8.57. The second-order valence-electron chi connectivity index (χ2n) is 6.24. The van der Waals surface area contributed by atoms with Gasteiger partial charge in [0.15, 0.2) is 23.3 Å². The second-order valence-corrected chi connectivity index (χ2v) is 6.24. The molecule has 1 amide bonds. The van der Waals surface area contributed by atoms with Gasteiger partial charge in [-0.05, 0) is 54.8 Å². The molecule has 2 aromatic carbocycles. The van der Waals surface area contributed by atoms with Crippen molar-refractivity contribution in [1.29, 1.82) is 0 Å². The average Bonchev–Trinajstić information content (AvgIpc) is 2.70. The summed E-state index contributed by atoms with van der Waals surface area (Å²) in [5.74, 6) is -1.74. The van der Waals surface area contributed by atoms with Gasteiger partial charge in [0.2, 0.25) is 0 Å². The van der Waals surface area contributed by atoms with Crippen LogP contribution in [0.4, 0.5) is 26.1 Å². The number of carbonyl (C=O) groups excluding carboxylic acids is 1. The molecule has 5 nitrogen and oxygen atoms in total. The molecule has 7 heteroatoms. The van der Waals surface area contributed by atoms with Gasteiger partial charge in [0.05, 0.1) is 0 Å². The van der Waals surface area contributed by atoms with E-state index in [1.807, 2.05) is 12.1 Å². The summed E-state index contributed by atoms with van der Waals surface area (Å²) >= 11 is 0. The average molecular weight is 366 g/mol. The molecule has 0 radical (unpaired) electrons. The van der Waals surface area contributed by atoms with E-state index in [9.17, 15) is 13.6 Å². The van der Waals surface area contributed by atoms with Gasteiger partial charge < -0.3 is 10.2 Å². The molecule has 0 fully saturated rings. The molecule has 1 aromatic heterocycles. The van der Waals surface area contributed by atoms with Crippen molar-refractivity contribution in [3.8, 4) is 0 Å². The normalized spacial score (nSPS) is 13.2. The topological polar surface area (TPSA) is 58.1 Å². The number of halogens is 2. The lowest BCUT2D eigenvalue weighted by Gasteiger charge is -2.29. The molecular formula is C20H16F2N4O. The Kier molecular flexibility index (Phi) is 4.50.